The SMILES string of the molecule is CSc1nc(C)c(CCC(=O)Nc2cccc(C(N)=O)c2)c(C)n1. The third kappa shape index (κ3) is 4.55. The standard InChI is InChI=1S/C17H20N4O2S/c1-10-14(11(2)20-17(19-10)24-3)7-8-15(22)21-13-6-4-5-12(9-13)16(18)23/h4-6,9H,7-8H2,1-3H3,(H2,18,23)(H,21,22). The van der Waals surface area contributed by atoms with E-state index in [1.807, 2.05) is 20.1 Å². The largest absolute Gasteiger partial charge is 0.366 e. The van der Waals surface area contributed by atoms with Crippen LogP contribution in [0.4, 0.5) is 5.69 Å². The fourth-order valence-corrected chi connectivity index (χ4v) is 2.83. The van der Waals surface area contributed by atoms with Crippen LogP contribution in [-0.2, 0) is 11.2 Å². The summed E-state index contributed by atoms with van der Waals surface area (Å²) in [5, 5.41) is 3.51. The van der Waals surface area contributed by atoms with Crippen molar-refractivity contribution in [2.75, 3.05) is 11.6 Å². The van der Waals surface area contributed by atoms with Crippen LogP contribution in [0.15, 0.2) is 29.4 Å². The van der Waals surface area contributed by atoms with Crippen molar-refractivity contribution in [3.05, 3.63) is 46.8 Å². The molecule has 2 rings (SSSR count). The van der Waals surface area contributed by atoms with E-state index in [1.165, 1.54) is 11.8 Å². The molecule has 0 fully saturated rings. The number of nitrogens with one attached hydrogen (secondary N) is 1. The molecule has 2 amide bonds. The number of thioether (sulfide) groups is 1. The van der Waals surface area contributed by atoms with Gasteiger partial charge in [0.25, 0.3) is 0 Å². The Kier molecular flexibility index (Phi) is 5.92. The topological polar surface area (TPSA) is 98.0 Å². The Bertz CT molecular complexity index is 754. The number of carbonyl (C=O) groups is 2. The lowest BCUT2D eigenvalue weighted by Crippen LogP contribution is -2.15. The average molecular weight is 344 g/mol. The molecule has 6 nitrogen and oxygen atoms in total. The van der Waals surface area contributed by atoms with Crippen LogP contribution in [0.2, 0.25) is 0 Å². The monoisotopic (exact) mass is 344 g/mol. The second-order valence-electron chi connectivity index (χ2n) is 5.35. The highest BCUT2D eigenvalue weighted by atomic mass is 32.2. The summed E-state index contributed by atoms with van der Waals surface area (Å²) in [4.78, 5) is 32.1. The van der Waals surface area contributed by atoms with Gasteiger partial charge >= 0.3 is 0 Å². The van der Waals surface area contributed by atoms with Crippen molar-refractivity contribution in [2.45, 2.75) is 31.8 Å². The minimum Gasteiger partial charge on any atom is -0.366 e. The molecule has 0 saturated heterocycles. The molecule has 3 N–H and O–H groups in total. The van der Waals surface area contributed by atoms with Gasteiger partial charge in [-0.3, -0.25) is 9.59 Å². The lowest BCUT2D eigenvalue weighted by atomic mass is 10.1. The number of nitrogens with zero attached hydrogens (tertiary/aromatic N) is 2. The summed E-state index contributed by atoms with van der Waals surface area (Å²) in [5.74, 6) is -0.659. The van der Waals surface area contributed by atoms with Gasteiger partial charge in [-0.1, -0.05) is 17.8 Å². The molecule has 0 aliphatic heterocycles. The first-order valence-corrected chi connectivity index (χ1v) is 8.71. The predicted molar refractivity (Wildman–Crippen MR) is 95.2 cm³/mol. The maximum atomic E-state index is 12.1. The zero-order chi connectivity index (χ0) is 17.7. The number of rotatable bonds is 6. The van der Waals surface area contributed by atoms with Gasteiger partial charge in [-0.15, -0.1) is 0 Å². The molecule has 24 heavy (non-hydrogen) atoms. The first kappa shape index (κ1) is 17.9. The van der Waals surface area contributed by atoms with Crippen LogP contribution in [0.5, 0.6) is 0 Å². The lowest BCUT2D eigenvalue weighted by molar-refractivity contribution is -0.116. The lowest BCUT2D eigenvalue weighted by Gasteiger charge is -2.10. The van der Waals surface area contributed by atoms with Gasteiger partial charge in [-0.25, -0.2) is 9.97 Å². The number of aryl methyl sites for hydroxylation is 2. The molecule has 126 valence electrons. The molecule has 0 saturated carbocycles. The van der Waals surface area contributed by atoms with Gasteiger partial charge in [0.1, 0.15) is 0 Å². The van der Waals surface area contributed by atoms with Gasteiger partial charge in [0.05, 0.1) is 0 Å². The summed E-state index contributed by atoms with van der Waals surface area (Å²) >= 11 is 1.50. The van der Waals surface area contributed by atoms with Crippen molar-refractivity contribution in [1.29, 1.82) is 0 Å². The minimum absolute atomic E-state index is 0.135. The highest BCUT2D eigenvalue weighted by Crippen LogP contribution is 2.17. The molecule has 0 bridgehead atoms. The first-order chi connectivity index (χ1) is 11.4. The summed E-state index contributed by atoms with van der Waals surface area (Å²) in [6, 6.07) is 6.57. The molecular formula is C17H20N4O2S. The van der Waals surface area contributed by atoms with Crippen molar-refractivity contribution in [2.24, 2.45) is 5.73 Å². The molecule has 7 heteroatoms. The van der Waals surface area contributed by atoms with Gasteiger partial charge in [-0.2, -0.15) is 0 Å². The van der Waals surface area contributed by atoms with Crippen LogP contribution in [0.1, 0.15) is 33.7 Å². The van der Waals surface area contributed by atoms with Crippen LogP contribution in [0.25, 0.3) is 0 Å². The van der Waals surface area contributed by atoms with Gasteiger partial charge < -0.3 is 11.1 Å². The van der Waals surface area contributed by atoms with Crippen molar-refractivity contribution < 1.29 is 9.59 Å². The second kappa shape index (κ2) is 7.92. The summed E-state index contributed by atoms with van der Waals surface area (Å²) in [6.07, 6.45) is 2.81. The average Bonchev–Trinajstić information content (AvgIpc) is 2.54. The van der Waals surface area contributed by atoms with Crippen molar-refractivity contribution in [3.63, 3.8) is 0 Å². The van der Waals surface area contributed by atoms with E-state index in [-0.39, 0.29) is 5.91 Å². The van der Waals surface area contributed by atoms with Gasteiger partial charge in [0, 0.05) is 29.1 Å². The zero-order valence-electron chi connectivity index (χ0n) is 13.9. The van der Waals surface area contributed by atoms with Crippen LogP contribution in [-0.4, -0.2) is 28.0 Å². The maximum Gasteiger partial charge on any atom is 0.248 e. The number of nitrogens with two attached hydrogens (primary N) is 1. The maximum absolute atomic E-state index is 12.1. The molecule has 1 heterocycles. The van der Waals surface area contributed by atoms with Crippen molar-refractivity contribution >= 4 is 29.3 Å². The third-order valence-corrected chi connectivity index (χ3v) is 4.16. The molecule has 2 aromatic rings. The van der Waals surface area contributed by atoms with Crippen LogP contribution >= 0.6 is 11.8 Å². The molecule has 0 spiro atoms. The van der Waals surface area contributed by atoms with Crippen LogP contribution < -0.4 is 11.1 Å². The number of aromatic nitrogens is 2. The van der Waals surface area contributed by atoms with E-state index >= 15 is 0 Å². The highest BCUT2D eigenvalue weighted by molar-refractivity contribution is 7.98. The summed E-state index contributed by atoms with van der Waals surface area (Å²) < 4.78 is 0. The summed E-state index contributed by atoms with van der Waals surface area (Å²) in [7, 11) is 0. The predicted octanol–water partition coefficient (Wildman–Crippen LogP) is 2.49. The zero-order valence-corrected chi connectivity index (χ0v) is 14.7. The van der Waals surface area contributed by atoms with Gasteiger partial charge in [-0.05, 0) is 50.3 Å². The normalized spacial score (nSPS) is 10.5. The van der Waals surface area contributed by atoms with E-state index in [4.69, 9.17) is 5.73 Å². The minimum atomic E-state index is -0.525. The van der Waals surface area contributed by atoms with Crippen LogP contribution in [0, 0.1) is 13.8 Å². The quantitative estimate of drug-likeness (QED) is 0.620. The number of benzene rings is 1. The summed E-state index contributed by atoms with van der Waals surface area (Å²) in [6.45, 7) is 3.86. The Morgan fingerprint density at radius 1 is 1.21 bits per heavy atom. The Morgan fingerprint density at radius 3 is 2.46 bits per heavy atom. The number of hydrogen-bond acceptors (Lipinski definition) is 5. The number of hydrogen-bond donors (Lipinski definition) is 2. The second-order valence-corrected chi connectivity index (χ2v) is 6.13. The molecule has 1 aromatic carbocycles. The molecular weight excluding hydrogens is 324 g/mol. The molecule has 0 radical (unpaired) electrons. The van der Waals surface area contributed by atoms with E-state index < -0.39 is 5.91 Å². The Balaban J connectivity index is 2.01. The van der Waals surface area contributed by atoms with Crippen molar-refractivity contribution in [3.8, 4) is 0 Å². The molecule has 0 atom stereocenters. The number of anilines is 1. The van der Waals surface area contributed by atoms with E-state index in [2.05, 4.69) is 15.3 Å². The van der Waals surface area contributed by atoms with E-state index in [0.717, 1.165) is 22.1 Å². The molecule has 0 aliphatic rings. The van der Waals surface area contributed by atoms with Gasteiger partial charge in [0.15, 0.2) is 5.16 Å². The van der Waals surface area contributed by atoms with E-state index in [9.17, 15) is 9.59 Å². The fourth-order valence-electron chi connectivity index (χ4n) is 2.37. The Labute approximate surface area is 145 Å². The first-order valence-electron chi connectivity index (χ1n) is 7.48. The number of carbonyl (C=O) groups excluding carboxylic acids is 2. The molecule has 1 aromatic heterocycles. The third-order valence-electron chi connectivity index (χ3n) is 3.62. The fraction of sp³-hybridized carbons (Fsp3) is 0.294. The number of primary amides is 1. The Hall–Kier alpha value is -2.41. The van der Waals surface area contributed by atoms with Crippen LogP contribution in [0.3, 0.4) is 0 Å². The Morgan fingerprint density at radius 2 is 1.88 bits per heavy atom. The number of amides is 2. The molecule has 0 aliphatic carbocycles. The van der Waals surface area contributed by atoms with E-state index in [1.54, 1.807) is 24.3 Å². The smallest absolute Gasteiger partial charge is 0.248 e. The highest BCUT2D eigenvalue weighted by Gasteiger charge is 2.11. The van der Waals surface area contributed by atoms with E-state index in [0.29, 0.717) is 24.1 Å². The molecule has 0 unspecified atom stereocenters. The van der Waals surface area contributed by atoms with Gasteiger partial charge in [0.2, 0.25) is 11.8 Å². The summed E-state index contributed by atoms with van der Waals surface area (Å²) in [5.41, 5.74) is 8.95. The van der Waals surface area contributed by atoms with Crippen molar-refractivity contribution in [1.82, 2.24) is 9.97 Å².